The molecule has 0 aliphatic carbocycles. The Hall–Kier alpha value is -3.43. The monoisotopic (exact) mass is 366 g/mol. The summed E-state index contributed by atoms with van der Waals surface area (Å²) in [6, 6.07) is 31.0. The molecule has 0 unspecified atom stereocenters. The number of rotatable bonds is 3. The molecule has 0 spiro atoms. The second kappa shape index (κ2) is 6.63. The Morgan fingerprint density at radius 2 is 1.50 bits per heavy atom. The number of carbonyl (C=O) groups excluding carboxylic acids is 1. The van der Waals surface area contributed by atoms with Gasteiger partial charge >= 0.3 is 5.97 Å². The number of carbonyl (C=O) groups is 1. The zero-order valence-electron chi connectivity index (χ0n) is 15.2. The Morgan fingerprint density at radius 3 is 2.36 bits per heavy atom. The normalized spacial score (nSPS) is 18.0. The molecule has 0 bridgehead atoms. The van der Waals surface area contributed by atoms with E-state index in [1.807, 2.05) is 97.1 Å². The van der Waals surface area contributed by atoms with E-state index in [1.165, 1.54) is 0 Å². The highest BCUT2D eigenvalue weighted by Gasteiger charge is 2.50. The van der Waals surface area contributed by atoms with Gasteiger partial charge in [0.2, 0.25) is 5.60 Å². The number of benzene rings is 4. The van der Waals surface area contributed by atoms with E-state index < -0.39 is 11.6 Å². The van der Waals surface area contributed by atoms with Crippen LogP contribution in [0.25, 0.3) is 10.8 Å². The van der Waals surface area contributed by atoms with Gasteiger partial charge in [-0.15, -0.1) is 0 Å². The molecule has 1 aliphatic rings. The average molecular weight is 366 g/mol. The van der Waals surface area contributed by atoms with Gasteiger partial charge in [0.05, 0.1) is 6.61 Å². The maximum absolute atomic E-state index is 13.5. The summed E-state index contributed by atoms with van der Waals surface area (Å²) in [5.74, 6) is 0.0749. The summed E-state index contributed by atoms with van der Waals surface area (Å²) in [4.78, 5) is 13.5. The number of ether oxygens (including phenoxy) is 2. The molecule has 4 aromatic carbocycles. The summed E-state index contributed by atoms with van der Waals surface area (Å²) in [5, 5.41) is 2.12. The average Bonchev–Trinajstić information content (AvgIpc) is 3.15. The van der Waals surface area contributed by atoms with Crippen molar-refractivity contribution >= 4 is 16.7 Å². The first-order valence-electron chi connectivity index (χ1n) is 9.26. The van der Waals surface area contributed by atoms with E-state index in [1.54, 1.807) is 0 Å². The van der Waals surface area contributed by atoms with Crippen LogP contribution < -0.4 is 4.74 Å². The van der Waals surface area contributed by atoms with Crippen molar-refractivity contribution in [2.45, 2.75) is 12.2 Å². The molecule has 5 rings (SSSR count). The molecule has 0 radical (unpaired) electrons. The first-order chi connectivity index (χ1) is 13.8. The number of fused-ring (bicyclic) bond motifs is 2. The van der Waals surface area contributed by atoms with E-state index >= 15 is 0 Å². The van der Waals surface area contributed by atoms with E-state index in [-0.39, 0.29) is 0 Å². The van der Waals surface area contributed by atoms with Gasteiger partial charge in [0.25, 0.3) is 0 Å². The highest BCUT2D eigenvalue weighted by molar-refractivity contribution is 5.90. The molecule has 0 fully saturated rings. The SMILES string of the molecule is O=C(Oc1ccc2ccccc2c1)[C@]1(c2ccccc2)OCc2ccccc21. The van der Waals surface area contributed by atoms with Crippen LogP contribution in [0.15, 0.2) is 97.1 Å². The third-order valence-electron chi connectivity index (χ3n) is 5.24. The van der Waals surface area contributed by atoms with Gasteiger partial charge in [-0.3, -0.25) is 0 Å². The molecule has 4 aromatic rings. The Morgan fingerprint density at radius 1 is 0.786 bits per heavy atom. The lowest BCUT2D eigenvalue weighted by molar-refractivity contribution is -0.157. The first kappa shape index (κ1) is 16.7. The van der Waals surface area contributed by atoms with Crippen LogP contribution in [-0.2, 0) is 21.7 Å². The lowest BCUT2D eigenvalue weighted by Gasteiger charge is -2.27. The number of esters is 1. The van der Waals surface area contributed by atoms with Crippen molar-refractivity contribution in [1.82, 2.24) is 0 Å². The van der Waals surface area contributed by atoms with Gasteiger partial charge < -0.3 is 9.47 Å². The Kier molecular flexibility index (Phi) is 3.96. The van der Waals surface area contributed by atoms with Crippen LogP contribution >= 0.6 is 0 Å². The quantitative estimate of drug-likeness (QED) is 0.368. The number of hydrogen-bond donors (Lipinski definition) is 0. The largest absolute Gasteiger partial charge is 0.424 e. The molecular formula is C25H18O3. The summed E-state index contributed by atoms with van der Waals surface area (Å²) in [5.41, 5.74) is 1.35. The highest BCUT2D eigenvalue weighted by Crippen LogP contribution is 2.43. The molecule has 0 aromatic heterocycles. The first-order valence-corrected chi connectivity index (χ1v) is 9.26. The van der Waals surface area contributed by atoms with Gasteiger partial charge in [-0.25, -0.2) is 4.79 Å². The molecule has 1 aliphatic heterocycles. The van der Waals surface area contributed by atoms with Crippen LogP contribution in [0.3, 0.4) is 0 Å². The summed E-state index contributed by atoms with van der Waals surface area (Å²) in [6.45, 7) is 0.373. The Labute approximate surface area is 163 Å². The fourth-order valence-electron chi connectivity index (χ4n) is 3.86. The fourth-order valence-corrected chi connectivity index (χ4v) is 3.86. The third-order valence-corrected chi connectivity index (χ3v) is 5.24. The molecule has 28 heavy (non-hydrogen) atoms. The third kappa shape index (κ3) is 2.60. The minimum Gasteiger partial charge on any atom is -0.424 e. The van der Waals surface area contributed by atoms with E-state index in [9.17, 15) is 4.79 Å². The minimum atomic E-state index is -1.26. The van der Waals surface area contributed by atoms with Gasteiger partial charge in [-0.05, 0) is 34.0 Å². The lowest BCUT2D eigenvalue weighted by Crippen LogP contribution is -2.40. The van der Waals surface area contributed by atoms with Crippen molar-refractivity contribution < 1.29 is 14.3 Å². The molecule has 3 heteroatoms. The predicted molar refractivity (Wildman–Crippen MR) is 108 cm³/mol. The van der Waals surface area contributed by atoms with Crippen molar-refractivity contribution in [3.8, 4) is 5.75 Å². The van der Waals surface area contributed by atoms with Crippen molar-refractivity contribution in [1.29, 1.82) is 0 Å². The molecule has 1 heterocycles. The number of hydrogen-bond acceptors (Lipinski definition) is 3. The van der Waals surface area contributed by atoms with E-state index in [4.69, 9.17) is 9.47 Å². The fraction of sp³-hybridized carbons (Fsp3) is 0.0800. The summed E-state index contributed by atoms with van der Waals surface area (Å²) < 4.78 is 12.0. The molecule has 0 saturated heterocycles. The summed E-state index contributed by atoms with van der Waals surface area (Å²) in [6.07, 6.45) is 0. The second-order valence-electron chi connectivity index (χ2n) is 6.89. The molecule has 0 saturated carbocycles. The minimum absolute atomic E-state index is 0.373. The van der Waals surface area contributed by atoms with E-state index in [2.05, 4.69) is 0 Å². The second-order valence-corrected chi connectivity index (χ2v) is 6.89. The highest BCUT2D eigenvalue weighted by atomic mass is 16.6. The van der Waals surface area contributed by atoms with Crippen molar-refractivity contribution in [3.63, 3.8) is 0 Å². The van der Waals surface area contributed by atoms with Crippen LogP contribution in [0, 0.1) is 0 Å². The van der Waals surface area contributed by atoms with Gasteiger partial charge in [0.1, 0.15) is 5.75 Å². The Bertz CT molecular complexity index is 1170. The lowest BCUT2D eigenvalue weighted by atomic mass is 9.85. The predicted octanol–water partition coefficient (Wildman–Crippen LogP) is 5.22. The molecule has 0 N–H and O–H groups in total. The van der Waals surface area contributed by atoms with Gasteiger partial charge in [-0.2, -0.15) is 0 Å². The summed E-state index contributed by atoms with van der Waals surface area (Å²) >= 11 is 0. The van der Waals surface area contributed by atoms with Crippen LogP contribution in [-0.4, -0.2) is 5.97 Å². The molecule has 1 atom stereocenters. The topological polar surface area (TPSA) is 35.5 Å². The van der Waals surface area contributed by atoms with E-state index in [0.29, 0.717) is 12.4 Å². The van der Waals surface area contributed by atoms with Crippen molar-refractivity contribution in [2.24, 2.45) is 0 Å². The van der Waals surface area contributed by atoms with Crippen LogP contribution in [0.5, 0.6) is 5.75 Å². The zero-order valence-corrected chi connectivity index (χ0v) is 15.2. The standard InChI is InChI=1S/C25H18O3/c26-24(28-22-15-14-18-8-4-5-9-19(18)16-22)25(21-11-2-1-3-12-21)23-13-7-6-10-20(23)17-27-25/h1-16H,17H2/t25-/m1/s1. The Balaban J connectivity index is 1.59. The van der Waals surface area contributed by atoms with Crippen molar-refractivity contribution in [2.75, 3.05) is 0 Å². The van der Waals surface area contributed by atoms with Crippen molar-refractivity contribution in [3.05, 3.63) is 114 Å². The smallest absolute Gasteiger partial charge is 0.353 e. The molecular weight excluding hydrogens is 348 g/mol. The van der Waals surface area contributed by atoms with Gasteiger partial charge in [0.15, 0.2) is 0 Å². The molecule has 136 valence electrons. The van der Waals surface area contributed by atoms with Gasteiger partial charge in [0, 0.05) is 5.56 Å². The van der Waals surface area contributed by atoms with E-state index in [0.717, 1.165) is 27.5 Å². The molecule has 3 nitrogen and oxygen atoms in total. The maximum Gasteiger partial charge on any atom is 0.353 e. The summed E-state index contributed by atoms with van der Waals surface area (Å²) in [7, 11) is 0. The molecule has 0 amide bonds. The van der Waals surface area contributed by atoms with Crippen LogP contribution in [0.4, 0.5) is 0 Å². The van der Waals surface area contributed by atoms with Crippen LogP contribution in [0.2, 0.25) is 0 Å². The van der Waals surface area contributed by atoms with Crippen LogP contribution in [0.1, 0.15) is 16.7 Å². The zero-order chi connectivity index (χ0) is 19.0. The maximum atomic E-state index is 13.5. The van der Waals surface area contributed by atoms with Gasteiger partial charge in [-0.1, -0.05) is 84.9 Å².